The van der Waals surface area contributed by atoms with E-state index in [4.69, 9.17) is 16.3 Å². The molecule has 116 valence electrons. The van der Waals surface area contributed by atoms with Gasteiger partial charge >= 0.3 is 5.97 Å². The molecule has 0 spiro atoms. The van der Waals surface area contributed by atoms with Crippen molar-refractivity contribution in [2.75, 3.05) is 13.7 Å². The summed E-state index contributed by atoms with van der Waals surface area (Å²) in [6.07, 6.45) is 3.69. The zero-order valence-corrected chi connectivity index (χ0v) is 13.0. The molecule has 22 heavy (non-hydrogen) atoms. The number of nitrogens with zero attached hydrogens (tertiary/aromatic N) is 4. The van der Waals surface area contributed by atoms with Crippen LogP contribution >= 0.6 is 11.6 Å². The minimum atomic E-state index is -0.178. The maximum Gasteiger partial charge on any atom is 0.323 e. The van der Waals surface area contributed by atoms with Crippen LogP contribution in [0, 0.1) is 0 Å². The summed E-state index contributed by atoms with van der Waals surface area (Å²) in [5.74, 6) is -0.178. The minimum absolute atomic E-state index is 0.175. The first-order chi connectivity index (χ1) is 10.7. The molecule has 0 amide bonds. The van der Waals surface area contributed by atoms with E-state index in [1.54, 1.807) is 4.68 Å². The third kappa shape index (κ3) is 3.13. The Morgan fingerprint density at radius 3 is 2.91 bits per heavy atom. The average Bonchev–Trinajstić information content (AvgIpc) is 3.17. The van der Waals surface area contributed by atoms with Crippen LogP contribution in [0.5, 0.6) is 0 Å². The monoisotopic (exact) mass is 320 g/mol. The SMILES string of the molecule is COC(=O)[C@H]1CCCN1Cc1cn(-c2ccc(Cl)cc2)nn1. The van der Waals surface area contributed by atoms with Gasteiger partial charge in [-0.05, 0) is 43.7 Å². The van der Waals surface area contributed by atoms with E-state index >= 15 is 0 Å². The summed E-state index contributed by atoms with van der Waals surface area (Å²) in [6.45, 7) is 1.46. The van der Waals surface area contributed by atoms with E-state index in [1.165, 1.54) is 7.11 Å². The number of carbonyl (C=O) groups is 1. The van der Waals surface area contributed by atoms with Gasteiger partial charge in [0.2, 0.25) is 0 Å². The highest BCUT2D eigenvalue weighted by atomic mass is 35.5. The lowest BCUT2D eigenvalue weighted by Gasteiger charge is -2.20. The third-order valence-electron chi connectivity index (χ3n) is 3.83. The van der Waals surface area contributed by atoms with Gasteiger partial charge in [-0.3, -0.25) is 9.69 Å². The van der Waals surface area contributed by atoms with Crippen molar-refractivity contribution in [2.24, 2.45) is 0 Å². The molecule has 6 nitrogen and oxygen atoms in total. The van der Waals surface area contributed by atoms with E-state index in [9.17, 15) is 4.79 Å². The van der Waals surface area contributed by atoms with E-state index in [-0.39, 0.29) is 12.0 Å². The number of ether oxygens (including phenoxy) is 1. The number of likely N-dealkylation sites (tertiary alicyclic amines) is 1. The number of halogens is 1. The van der Waals surface area contributed by atoms with Gasteiger partial charge in [-0.1, -0.05) is 16.8 Å². The summed E-state index contributed by atoms with van der Waals surface area (Å²) in [6, 6.07) is 7.21. The van der Waals surface area contributed by atoms with Gasteiger partial charge in [-0.2, -0.15) is 0 Å². The molecule has 1 aromatic carbocycles. The molecule has 1 aromatic heterocycles. The second-order valence-electron chi connectivity index (χ2n) is 5.28. The van der Waals surface area contributed by atoms with Crippen LogP contribution in [-0.2, 0) is 16.1 Å². The Morgan fingerprint density at radius 1 is 1.41 bits per heavy atom. The van der Waals surface area contributed by atoms with Crippen molar-refractivity contribution in [3.63, 3.8) is 0 Å². The Morgan fingerprint density at radius 2 is 2.18 bits per heavy atom. The molecule has 3 rings (SSSR count). The predicted molar refractivity (Wildman–Crippen MR) is 81.8 cm³/mol. The lowest BCUT2D eigenvalue weighted by atomic mass is 10.2. The predicted octanol–water partition coefficient (Wildman–Crippen LogP) is 2.06. The molecule has 0 unspecified atom stereocenters. The van der Waals surface area contributed by atoms with Gasteiger partial charge in [0.25, 0.3) is 0 Å². The van der Waals surface area contributed by atoms with Crippen molar-refractivity contribution in [3.05, 3.63) is 41.2 Å². The summed E-state index contributed by atoms with van der Waals surface area (Å²) in [7, 11) is 1.43. The standard InChI is InChI=1S/C15H17ClN4O2/c1-22-15(21)14-3-2-8-19(14)9-12-10-20(18-17-12)13-6-4-11(16)5-7-13/h4-7,10,14H,2-3,8-9H2,1H3/t14-/m1/s1. The number of rotatable bonds is 4. The van der Waals surface area contributed by atoms with Gasteiger partial charge in [0.1, 0.15) is 6.04 Å². The van der Waals surface area contributed by atoms with Gasteiger partial charge < -0.3 is 4.74 Å². The molecule has 1 atom stereocenters. The van der Waals surface area contributed by atoms with Crippen LogP contribution in [0.2, 0.25) is 5.02 Å². The number of hydrogen-bond acceptors (Lipinski definition) is 5. The van der Waals surface area contributed by atoms with Crippen molar-refractivity contribution < 1.29 is 9.53 Å². The third-order valence-corrected chi connectivity index (χ3v) is 4.09. The second-order valence-corrected chi connectivity index (χ2v) is 5.72. The number of methoxy groups -OCH3 is 1. The highest BCUT2D eigenvalue weighted by molar-refractivity contribution is 6.30. The Bertz CT molecular complexity index is 656. The normalized spacial score (nSPS) is 18.5. The van der Waals surface area contributed by atoms with Crippen molar-refractivity contribution in [3.8, 4) is 5.69 Å². The van der Waals surface area contributed by atoms with Crippen LogP contribution in [0.15, 0.2) is 30.5 Å². The van der Waals surface area contributed by atoms with Crippen LogP contribution in [0.1, 0.15) is 18.5 Å². The number of benzene rings is 1. The molecule has 0 aliphatic carbocycles. The number of aromatic nitrogens is 3. The van der Waals surface area contributed by atoms with Crippen molar-refractivity contribution in [1.29, 1.82) is 0 Å². The molecule has 0 radical (unpaired) electrons. The Hall–Kier alpha value is -1.92. The molecular formula is C15H17ClN4O2. The number of hydrogen-bond donors (Lipinski definition) is 0. The Balaban J connectivity index is 1.71. The first-order valence-corrected chi connectivity index (χ1v) is 7.54. The fraction of sp³-hybridized carbons (Fsp3) is 0.400. The van der Waals surface area contributed by atoms with Crippen LogP contribution in [-0.4, -0.2) is 45.6 Å². The van der Waals surface area contributed by atoms with E-state index in [0.29, 0.717) is 11.6 Å². The largest absolute Gasteiger partial charge is 0.468 e. The van der Waals surface area contributed by atoms with Gasteiger partial charge in [-0.15, -0.1) is 5.10 Å². The molecular weight excluding hydrogens is 304 g/mol. The zero-order valence-electron chi connectivity index (χ0n) is 12.3. The van der Waals surface area contributed by atoms with Gasteiger partial charge in [0.05, 0.1) is 24.7 Å². The minimum Gasteiger partial charge on any atom is -0.468 e. The molecule has 1 aliphatic heterocycles. The van der Waals surface area contributed by atoms with Crippen molar-refractivity contribution in [1.82, 2.24) is 19.9 Å². The first-order valence-electron chi connectivity index (χ1n) is 7.16. The lowest BCUT2D eigenvalue weighted by molar-refractivity contribution is -0.146. The van der Waals surface area contributed by atoms with Crippen molar-refractivity contribution >= 4 is 17.6 Å². The molecule has 0 saturated carbocycles. The van der Waals surface area contributed by atoms with Gasteiger partial charge in [0, 0.05) is 11.6 Å². The van der Waals surface area contributed by atoms with Crippen LogP contribution < -0.4 is 0 Å². The Kier molecular flexibility index (Phi) is 4.40. The smallest absolute Gasteiger partial charge is 0.323 e. The van der Waals surface area contributed by atoms with E-state index in [2.05, 4.69) is 15.2 Å². The second kappa shape index (κ2) is 6.46. The number of carbonyl (C=O) groups excluding carboxylic acids is 1. The van der Waals surface area contributed by atoms with Crippen LogP contribution in [0.25, 0.3) is 5.69 Å². The van der Waals surface area contributed by atoms with E-state index in [0.717, 1.165) is 30.8 Å². The first kappa shape index (κ1) is 15.0. The highest BCUT2D eigenvalue weighted by Gasteiger charge is 2.31. The summed E-state index contributed by atoms with van der Waals surface area (Å²) in [5, 5.41) is 9.00. The quantitative estimate of drug-likeness (QED) is 0.807. The fourth-order valence-electron chi connectivity index (χ4n) is 2.72. The summed E-state index contributed by atoms with van der Waals surface area (Å²) >= 11 is 5.88. The Labute approximate surface area is 133 Å². The number of esters is 1. The topological polar surface area (TPSA) is 60.2 Å². The molecule has 1 fully saturated rings. The van der Waals surface area contributed by atoms with Gasteiger partial charge in [0.15, 0.2) is 0 Å². The van der Waals surface area contributed by atoms with Crippen molar-refractivity contribution in [2.45, 2.75) is 25.4 Å². The maximum absolute atomic E-state index is 11.8. The average molecular weight is 321 g/mol. The maximum atomic E-state index is 11.8. The van der Waals surface area contributed by atoms with Crippen LogP contribution in [0.4, 0.5) is 0 Å². The van der Waals surface area contributed by atoms with Crippen LogP contribution in [0.3, 0.4) is 0 Å². The van der Waals surface area contributed by atoms with Gasteiger partial charge in [-0.25, -0.2) is 4.68 Å². The lowest BCUT2D eigenvalue weighted by Crippen LogP contribution is -2.36. The molecule has 2 heterocycles. The highest BCUT2D eigenvalue weighted by Crippen LogP contribution is 2.21. The zero-order chi connectivity index (χ0) is 15.5. The summed E-state index contributed by atoms with van der Waals surface area (Å²) in [4.78, 5) is 13.8. The molecule has 1 saturated heterocycles. The molecule has 7 heteroatoms. The molecule has 0 N–H and O–H groups in total. The van der Waals surface area contributed by atoms with E-state index in [1.807, 2.05) is 30.5 Å². The molecule has 0 bridgehead atoms. The fourth-order valence-corrected chi connectivity index (χ4v) is 2.84. The molecule has 2 aromatic rings. The summed E-state index contributed by atoms with van der Waals surface area (Å²) < 4.78 is 6.56. The summed E-state index contributed by atoms with van der Waals surface area (Å²) in [5.41, 5.74) is 1.72. The van der Waals surface area contributed by atoms with E-state index < -0.39 is 0 Å². The molecule has 1 aliphatic rings.